The maximum Gasteiger partial charge on any atom is 0.143 e. The van der Waals surface area contributed by atoms with Crippen LogP contribution in [-0.2, 0) is 5.41 Å². The summed E-state index contributed by atoms with van der Waals surface area (Å²) in [6.07, 6.45) is 0. The molecule has 0 unspecified atom stereocenters. The summed E-state index contributed by atoms with van der Waals surface area (Å²) in [4.78, 5) is 2.52. The molecule has 12 aromatic rings. The van der Waals surface area contributed by atoms with E-state index in [1.165, 1.54) is 76.8 Å². The number of benzene rings is 11. The van der Waals surface area contributed by atoms with Gasteiger partial charge in [-0.3, -0.25) is 0 Å². The lowest BCUT2D eigenvalue weighted by Gasteiger charge is -2.36. The molecule has 0 atom stereocenters. The minimum Gasteiger partial charge on any atom is -0.455 e. The van der Waals surface area contributed by atoms with Crippen molar-refractivity contribution in [2.24, 2.45) is 0 Å². The quantitative estimate of drug-likeness (QED) is 0.165. The van der Waals surface area contributed by atoms with E-state index in [1.807, 2.05) is 6.07 Å². The van der Waals surface area contributed by atoms with E-state index in [1.54, 1.807) is 0 Å². The lowest BCUT2D eigenvalue weighted by atomic mass is 9.70. The monoisotopic (exact) mass is 799 g/mol. The third kappa shape index (κ3) is 4.62. The number of nitrogens with zero attached hydrogens (tertiary/aromatic N) is 1. The van der Waals surface area contributed by atoms with Crippen molar-refractivity contribution in [3.63, 3.8) is 0 Å². The number of anilines is 3. The number of furan rings is 1. The molecule has 63 heavy (non-hydrogen) atoms. The van der Waals surface area contributed by atoms with Gasteiger partial charge in [-0.05, 0) is 113 Å². The first-order valence-corrected chi connectivity index (χ1v) is 21.8. The summed E-state index contributed by atoms with van der Waals surface area (Å²) in [6, 6.07) is 82.9. The fourth-order valence-electron chi connectivity index (χ4n) is 11.5. The van der Waals surface area contributed by atoms with E-state index >= 15 is 0 Å². The van der Waals surface area contributed by atoms with Gasteiger partial charge < -0.3 is 9.32 Å². The van der Waals surface area contributed by atoms with Crippen LogP contribution in [0.5, 0.6) is 0 Å². The molecule has 2 aliphatic carbocycles. The first-order chi connectivity index (χ1) is 31.3. The van der Waals surface area contributed by atoms with Gasteiger partial charge in [0, 0.05) is 33.3 Å². The van der Waals surface area contributed by atoms with Gasteiger partial charge in [-0.2, -0.15) is 0 Å². The van der Waals surface area contributed by atoms with Crippen LogP contribution in [-0.4, -0.2) is 0 Å². The molecule has 2 heteroatoms. The molecular formula is C61H37NO. The van der Waals surface area contributed by atoms with Crippen molar-refractivity contribution in [3.8, 4) is 33.4 Å². The molecule has 2 aliphatic rings. The van der Waals surface area contributed by atoms with Gasteiger partial charge >= 0.3 is 0 Å². The van der Waals surface area contributed by atoms with Crippen LogP contribution in [0.1, 0.15) is 22.3 Å². The van der Waals surface area contributed by atoms with Crippen molar-refractivity contribution in [1.82, 2.24) is 0 Å². The molecule has 0 amide bonds. The minimum absolute atomic E-state index is 0.523. The molecule has 2 nitrogen and oxygen atoms in total. The molecule has 1 spiro atoms. The largest absolute Gasteiger partial charge is 0.455 e. The predicted molar refractivity (Wildman–Crippen MR) is 263 cm³/mol. The number of hydrogen-bond donors (Lipinski definition) is 0. The second-order valence-corrected chi connectivity index (χ2v) is 17.1. The van der Waals surface area contributed by atoms with Gasteiger partial charge in [0.1, 0.15) is 11.2 Å². The fraction of sp³-hybridized carbons (Fsp3) is 0.0164. The van der Waals surface area contributed by atoms with E-state index in [0.717, 1.165) is 50.1 Å². The van der Waals surface area contributed by atoms with Crippen molar-refractivity contribution in [3.05, 3.63) is 247 Å². The van der Waals surface area contributed by atoms with Gasteiger partial charge in [-0.15, -0.1) is 0 Å². The molecule has 1 heterocycles. The number of hydrogen-bond acceptors (Lipinski definition) is 2. The SMILES string of the molecule is c1ccc2c(c1)-c1ccccc1C21c2ccccc2-c2cccc(N(c3ccc(-c4cccc5c4oc4ccccc45)cc3)c3ccc4c5ccccc5c5ccccc5c4c3)c21. The summed E-state index contributed by atoms with van der Waals surface area (Å²) in [5, 5.41) is 9.82. The van der Waals surface area contributed by atoms with Crippen molar-refractivity contribution >= 4 is 71.3 Å². The zero-order valence-corrected chi connectivity index (χ0v) is 34.2. The molecule has 0 radical (unpaired) electrons. The molecular weight excluding hydrogens is 763 g/mol. The average molecular weight is 800 g/mol. The Hall–Kier alpha value is -8.20. The zero-order chi connectivity index (χ0) is 41.2. The van der Waals surface area contributed by atoms with Crippen LogP contribution in [0.4, 0.5) is 17.1 Å². The molecule has 292 valence electrons. The van der Waals surface area contributed by atoms with Crippen LogP contribution >= 0.6 is 0 Å². The van der Waals surface area contributed by atoms with Gasteiger partial charge in [0.25, 0.3) is 0 Å². The highest BCUT2D eigenvalue weighted by molar-refractivity contribution is 6.26. The lowest BCUT2D eigenvalue weighted by Crippen LogP contribution is -2.28. The Morgan fingerprint density at radius 1 is 0.317 bits per heavy atom. The summed E-state index contributed by atoms with van der Waals surface area (Å²) in [6.45, 7) is 0. The summed E-state index contributed by atoms with van der Waals surface area (Å²) < 4.78 is 6.54. The summed E-state index contributed by atoms with van der Waals surface area (Å²) >= 11 is 0. The highest BCUT2D eigenvalue weighted by atomic mass is 16.3. The second-order valence-electron chi connectivity index (χ2n) is 17.1. The Morgan fingerprint density at radius 2 is 0.778 bits per heavy atom. The van der Waals surface area contributed by atoms with Crippen molar-refractivity contribution in [2.75, 3.05) is 4.90 Å². The molecule has 0 fully saturated rings. The topological polar surface area (TPSA) is 16.4 Å². The number of para-hydroxylation sites is 2. The van der Waals surface area contributed by atoms with Crippen LogP contribution in [0, 0.1) is 0 Å². The highest BCUT2D eigenvalue weighted by Crippen LogP contribution is 2.65. The Bertz CT molecular complexity index is 3770. The van der Waals surface area contributed by atoms with Crippen LogP contribution in [0.2, 0.25) is 0 Å². The summed E-state index contributed by atoms with van der Waals surface area (Å²) in [7, 11) is 0. The van der Waals surface area contributed by atoms with Gasteiger partial charge in [0.05, 0.1) is 11.1 Å². The Balaban J connectivity index is 1.06. The van der Waals surface area contributed by atoms with Gasteiger partial charge in [-0.1, -0.05) is 188 Å². The third-order valence-corrected chi connectivity index (χ3v) is 14.1. The molecule has 1 aromatic heterocycles. The minimum atomic E-state index is -0.523. The molecule has 11 aromatic carbocycles. The predicted octanol–water partition coefficient (Wildman–Crippen LogP) is 16.5. The van der Waals surface area contributed by atoms with Crippen LogP contribution < -0.4 is 4.90 Å². The first kappa shape index (κ1) is 34.5. The van der Waals surface area contributed by atoms with E-state index in [9.17, 15) is 0 Å². The van der Waals surface area contributed by atoms with Crippen LogP contribution in [0.15, 0.2) is 229 Å². The molecule has 0 saturated carbocycles. The Labute approximate surface area is 364 Å². The molecule has 0 saturated heterocycles. The van der Waals surface area contributed by atoms with E-state index in [-0.39, 0.29) is 0 Å². The zero-order valence-electron chi connectivity index (χ0n) is 34.2. The lowest BCUT2D eigenvalue weighted by molar-refractivity contribution is 0.670. The van der Waals surface area contributed by atoms with Gasteiger partial charge in [0.2, 0.25) is 0 Å². The second kappa shape index (κ2) is 12.9. The van der Waals surface area contributed by atoms with Gasteiger partial charge in [-0.25, -0.2) is 0 Å². The average Bonchev–Trinajstić information content (AvgIpc) is 3.99. The van der Waals surface area contributed by atoms with Crippen molar-refractivity contribution in [2.45, 2.75) is 5.41 Å². The van der Waals surface area contributed by atoms with Crippen molar-refractivity contribution < 1.29 is 4.42 Å². The highest BCUT2D eigenvalue weighted by Gasteiger charge is 2.53. The van der Waals surface area contributed by atoms with E-state index in [2.05, 4.69) is 223 Å². The van der Waals surface area contributed by atoms with E-state index in [4.69, 9.17) is 4.42 Å². The number of rotatable bonds is 4. The molecule has 0 bridgehead atoms. The maximum atomic E-state index is 6.54. The van der Waals surface area contributed by atoms with Crippen molar-refractivity contribution in [1.29, 1.82) is 0 Å². The number of fused-ring (bicyclic) bond motifs is 19. The summed E-state index contributed by atoms with van der Waals surface area (Å²) in [5.74, 6) is 0. The Morgan fingerprint density at radius 3 is 1.43 bits per heavy atom. The smallest absolute Gasteiger partial charge is 0.143 e. The first-order valence-electron chi connectivity index (χ1n) is 21.8. The van der Waals surface area contributed by atoms with Gasteiger partial charge in [0.15, 0.2) is 0 Å². The maximum absolute atomic E-state index is 6.54. The van der Waals surface area contributed by atoms with Crippen LogP contribution in [0.25, 0.3) is 87.6 Å². The molecule has 14 rings (SSSR count). The normalized spacial score (nSPS) is 13.2. The van der Waals surface area contributed by atoms with E-state index in [0.29, 0.717) is 0 Å². The summed E-state index contributed by atoms with van der Waals surface area (Å²) in [5.41, 5.74) is 17.3. The Kier molecular flexibility index (Phi) is 7.07. The molecule has 0 N–H and O–H groups in total. The van der Waals surface area contributed by atoms with E-state index < -0.39 is 5.41 Å². The molecule has 0 aliphatic heterocycles. The standard InChI is InChI=1S/C61H37NO/c1-2-17-44-42(15-1)43-16-3-4-18-45(43)53-37-40(35-36-46(44)53)62(39-33-31-38(32-34-39)41-23-13-25-52-50-22-8-12-30-58(50)63-60(41)52)57-29-14-24-51-49-21-7-11-28-56(49)61(59(51)57)54-26-9-5-19-47(54)48-20-6-10-27-55(48)61/h1-37H. The fourth-order valence-corrected chi connectivity index (χ4v) is 11.5. The third-order valence-electron chi connectivity index (χ3n) is 14.1. The van der Waals surface area contributed by atoms with Crippen LogP contribution in [0.3, 0.4) is 0 Å².